The van der Waals surface area contributed by atoms with Gasteiger partial charge in [-0.05, 0) is 37.6 Å². The van der Waals surface area contributed by atoms with Gasteiger partial charge in [0.2, 0.25) is 0 Å². The summed E-state index contributed by atoms with van der Waals surface area (Å²) in [7, 11) is 0. The van der Waals surface area contributed by atoms with Crippen molar-refractivity contribution in [2.75, 3.05) is 11.9 Å². The minimum atomic E-state index is -0.409. The highest BCUT2D eigenvalue weighted by atomic mass is 35.5. The molecule has 0 aliphatic carbocycles. The van der Waals surface area contributed by atoms with Crippen LogP contribution in [-0.2, 0) is 4.74 Å². The molecule has 1 heterocycles. The summed E-state index contributed by atoms with van der Waals surface area (Å²) in [6.45, 7) is 4.01. The second-order valence-electron chi connectivity index (χ2n) is 4.18. The van der Waals surface area contributed by atoms with E-state index in [9.17, 15) is 4.79 Å². The van der Waals surface area contributed by atoms with E-state index in [4.69, 9.17) is 16.3 Å². The maximum Gasteiger partial charge on any atom is 0.341 e. The Morgan fingerprint density at radius 1 is 1.35 bits per heavy atom. The number of halogens is 1. The van der Waals surface area contributed by atoms with E-state index < -0.39 is 5.97 Å². The highest BCUT2D eigenvalue weighted by Gasteiger charge is 2.14. The van der Waals surface area contributed by atoms with Gasteiger partial charge in [-0.25, -0.2) is 9.78 Å². The number of anilines is 2. The third kappa shape index (κ3) is 3.08. The van der Waals surface area contributed by atoms with E-state index in [1.54, 1.807) is 31.3 Å². The number of carbonyl (C=O) groups excluding carboxylic acids is 1. The Morgan fingerprint density at radius 3 is 2.85 bits per heavy atom. The molecule has 0 amide bonds. The van der Waals surface area contributed by atoms with Crippen LogP contribution in [0.3, 0.4) is 0 Å². The standard InChI is InChI=1S/C15H15ClN2O2/c1-3-20-15(19)11-7-5-9-17-14(11)18-13-10(2)6-4-8-12(13)16/h4-9H,3H2,1-2H3,(H,17,18). The third-order valence-corrected chi connectivity index (χ3v) is 3.08. The largest absolute Gasteiger partial charge is 0.462 e. The molecule has 0 aliphatic heterocycles. The fraction of sp³-hybridized carbons (Fsp3) is 0.200. The van der Waals surface area contributed by atoms with Crippen molar-refractivity contribution >= 4 is 29.1 Å². The maximum absolute atomic E-state index is 11.9. The lowest BCUT2D eigenvalue weighted by atomic mass is 10.2. The van der Waals surface area contributed by atoms with Crippen molar-refractivity contribution in [1.82, 2.24) is 4.98 Å². The number of esters is 1. The molecule has 1 aromatic carbocycles. The minimum absolute atomic E-state index is 0.318. The Morgan fingerprint density at radius 2 is 2.15 bits per heavy atom. The molecule has 0 aliphatic rings. The molecule has 4 nitrogen and oxygen atoms in total. The van der Waals surface area contributed by atoms with Crippen molar-refractivity contribution in [2.45, 2.75) is 13.8 Å². The van der Waals surface area contributed by atoms with Gasteiger partial charge < -0.3 is 10.1 Å². The lowest BCUT2D eigenvalue weighted by Crippen LogP contribution is -2.09. The summed E-state index contributed by atoms with van der Waals surface area (Å²) >= 11 is 6.17. The van der Waals surface area contributed by atoms with Crippen LogP contribution >= 0.6 is 11.6 Å². The maximum atomic E-state index is 11.9. The molecular formula is C15H15ClN2O2. The molecule has 0 radical (unpaired) electrons. The van der Waals surface area contributed by atoms with Gasteiger partial charge >= 0.3 is 5.97 Å². The average molecular weight is 291 g/mol. The monoisotopic (exact) mass is 290 g/mol. The van der Waals surface area contributed by atoms with Crippen LogP contribution in [0.1, 0.15) is 22.8 Å². The van der Waals surface area contributed by atoms with Gasteiger partial charge in [-0.1, -0.05) is 23.7 Å². The van der Waals surface area contributed by atoms with E-state index in [1.165, 1.54) is 0 Å². The Bertz CT molecular complexity index is 609. The van der Waals surface area contributed by atoms with Crippen LogP contribution in [0.25, 0.3) is 0 Å². The van der Waals surface area contributed by atoms with Gasteiger partial charge in [0, 0.05) is 6.20 Å². The van der Waals surface area contributed by atoms with Gasteiger partial charge in [0.05, 0.1) is 17.3 Å². The van der Waals surface area contributed by atoms with E-state index in [0.29, 0.717) is 23.0 Å². The first kappa shape index (κ1) is 14.3. The fourth-order valence-electron chi connectivity index (χ4n) is 1.79. The summed E-state index contributed by atoms with van der Waals surface area (Å²) in [5, 5.41) is 3.68. The molecule has 0 spiro atoms. The summed E-state index contributed by atoms with van der Waals surface area (Å²) < 4.78 is 5.01. The fourth-order valence-corrected chi connectivity index (χ4v) is 2.06. The quantitative estimate of drug-likeness (QED) is 0.866. The summed E-state index contributed by atoms with van der Waals surface area (Å²) in [6, 6.07) is 8.94. The molecular weight excluding hydrogens is 276 g/mol. The second-order valence-corrected chi connectivity index (χ2v) is 4.58. The zero-order valence-electron chi connectivity index (χ0n) is 11.3. The number of hydrogen-bond donors (Lipinski definition) is 1. The van der Waals surface area contributed by atoms with Gasteiger partial charge in [-0.15, -0.1) is 0 Å². The molecule has 1 N–H and O–H groups in total. The number of carbonyl (C=O) groups is 1. The SMILES string of the molecule is CCOC(=O)c1cccnc1Nc1c(C)cccc1Cl. The zero-order valence-corrected chi connectivity index (χ0v) is 12.1. The minimum Gasteiger partial charge on any atom is -0.462 e. The molecule has 2 aromatic rings. The van der Waals surface area contributed by atoms with Crippen LogP contribution in [0.2, 0.25) is 5.02 Å². The van der Waals surface area contributed by atoms with E-state index >= 15 is 0 Å². The number of aryl methyl sites for hydroxylation is 1. The number of aromatic nitrogens is 1. The van der Waals surface area contributed by atoms with Crippen molar-refractivity contribution in [1.29, 1.82) is 0 Å². The molecule has 2 rings (SSSR count). The number of ether oxygens (including phenoxy) is 1. The number of nitrogens with zero attached hydrogens (tertiary/aromatic N) is 1. The summed E-state index contributed by atoms with van der Waals surface area (Å²) in [4.78, 5) is 16.1. The van der Waals surface area contributed by atoms with Crippen molar-refractivity contribution in [2.24, 2.45) is 0 Å². The molecule has 0 atom stereocenters. The predicted octanol–water partition coefficient (Wildman–Crippen LogP) is 3.96. The van der Waals surface area contributed by atoms with Gasteiger partial charge in [0.1, 0.15) is 11.4 Å². The van der Waals surface area contributed by atoms with Crippen LogP contribution in [0, 0.1) is 6.92 Å². The topological polar surface area (TPSA) is 51.2 Å². The molecule has 0 saturated carbocycles. The normalized spacial score (nSPS) is 10.2. The lowest BCUT2D eigenvalue weighted by molar-refractivity contribution is 0.0527. The predicted molar refractivity (Wildman–Crippen MR) is 79.7 cm³/mol. The Labute approximate surface area is 122 Å². The zero-order chi connectivity index (χ0) is 14.5. The van der Waals surface area contributed by atoms with Crippen LogP contribution in [-0.4, -0.2) is 17.6 Å². The van der Waals surface area contributed by atoms with Crippen molar-refractivity contribution in [3.8, 4) is 0 Å². The Balaban J connectivity index is 2.37. The average Bonchev–Trinajstić information content (AvgIpc) is 2.44. The van der Waals surface area contributed by atoms with Crippen LogP contribution < -0.4 is 5.32 Å². The molecule has 0 unspecified atom stereocenters. The molecule has 5 heteroatoms. The number of para-hydroxylation sites is 1. The van der Waals surface area contributed by atoms with E-state index in [2.05, 4.69) is 10.3 Å². The molecule has 0 saturated heterocycles. The van der Waals surface area contributed by atoms with E-state index in [0.717, 1.165) is 11.3 Å². The molecule has 1 aromatic heterocycles. The molecule has 104 valence electrons. The number of rotatable bonds is 4. The molecule has 20 heavy (non-hydrogen) atoms. The summed E-state index contributed by atoms with van der Waals surface area (Å²) in [5.41, 5.74) is 2.09. The van der Waals surface area contributed by atoms with Crippen molar-refractivity contribution in [3.63, 3.8) is 0 Å². The van der Waals surface area contributed by atoms with Gasteiger partial charge in [-0.2, -0.15) is 0 Å². The smallest absolute Gasteiger partial charge is 0.341 e. The Hall–Kier alpha value is -2.07. The number of nitrogens with one attached hydrogen (secondary N) is 1. The number of pyridine rings is 1. The number of benzene rings is 1. The molecule has 0 bridgehead atoms. The van der Waals surface area contributed by atoms with Crippen LogP contribution in [0.15, 0.2) is 36.5 Å². The summed E-state index contributed by atoms with van der Waals surface area (Å²) in [6.07, 6.45) is 1.61. The third-order valence-electron chi connectivity index (χ3n) is 2.77. The molecule has 0 fully saturated rings. The second kappa shape index (κ2) is 6.39. The summed E-state index contributed by atoms with van der Waals surface area (Å²) in [5.74, 6) is 0.0231. The van der Waals surface area contributed by atoms with Crippen LogP contribution in [0.5, 0.6) is 0 Å². The van der Waals surface area contributed by atoms with Gasteiger partial charge in [-0.3, -0.25) is 0 Å². The first-order chi connectivity index (χ1) is 9.63. The first-order valence-corrected chi connectivity index (χ1v) is 6.65. The van der Waals surface area contributed by atoms with Gasteiger partial charge in [0.15, 0.2) is 0 Å². The van der Waals surface area contributed by atoms with Gasteiger partial charge in [0.25, 0.3) is 0 Å². The lowest BCUT2D eigenvalue weighted by Gasteiger charge is -2.13. The van der Waals surface area contributed by atoms with Crippen molar-refractivity contribution in [3.05, 3.63) is 52.7 Å². The van der Waals surface area contributed by atoms with Crippen molar-refractivity contribution < 1.29 is 9.53 Å². The van der Waals surface area contributed by atoms with E-state index in [1.807, 2.05) is 19.1 Å². The highest BCUT2D eigenvalue weighted by molar-refractivity contribution is 6.33. The first-order valence-electron chi connectivity index (χ1n) is 6.27. The van der Waals surface area contributed by atoms with Crippen LogP contribution in [0.4, 0.5) is 11.5 Å². The van der Waals surface area contributed by atoms with E-state index in [-0.39, 0.29) is 0 Å². The Kier molecular flexibility index (Phi) is 4.58. The highest BCUT2D eigenvalue weighted by Crippen LogP contribution is 2.29. The number of hydrogen-bond acceptors (Lipinski definition) is 4.